The highest BCUT2D eigenvalue weighted by Gasteiger charge is 2.26. The van der Waals surface area contributed by atoms with Gasteiger partial charge in [0.05, 0.1) is 42.1 Å². The summed E-state index contributed by atoms with van der Waals surface area (Å²) >= 11 is 0. The summed E-state index contributed by atoms with van der Waals surface area (Å²) in [7, 11) is 0. The van der Waals surface area contributed by atoms with Gasteiger partial charge in [-0.3, -0.25) is 9.78 Å². The molecular weight excluding hydrogens is 433 g/mol. The normalized spacial score (nSPS) is 13.8. The Labute approximate surface area is 194 Å². The summed E-state index contributed by atoms with van der Waals surface area (Å²) in [6.07, 6.45) is 6.98. The zero-order valence-electron chi connectivity index (χ0n) is 18.1. The van der Waals surface area contributed by atoms with Gasteiger partial charge in [0.1, 0.15) is 11.5 Å². The summed E-state index contributed by atoms with van der Waals surface area (Å²) in [5, 5.41) is 8.09. The topological polar surface area (TPSA) is 90.0 Å². The number of halogens is 1. The van der Waals surface area contributed by atoms with Crippen molar-refractivity contribution >= 4 is 11.4 Å². The minimum atomic E-state index is -0.292. The summed E-state index contributed by atoms with van der Waals surface area (Å²) in [5.74, 6) is -0.320. The van der Waals surface area contributed by atoms with Crippen LogP contribution in [-0.4, -0.2) is 48.0 Å². The number of nitrogens with zero attached hydrogens (tertiary/aromatic N) is 6. The number of rotatable bonds is 6. The van der Waals surface area contributed by atoms with Gasteiger partial charge in [0.15, 0.2) is 11.4 Å². The molecule has 9 heteroatoms. The molecule has 4 aromatic heterocycles. The third kappa shape index (κ3) is 3.65. The van der Waals surface area contributed by atoms with Crippen LogP contribution in [0.15, 0.2) is 73.4 Å². The van der Waals surface area contributed by atoms with Crippen LogP contribution >= 0.6 is 0 Å². The lowest BCUT2D eigenvalue weighted by Crippen LogP contribution is -2.43. The monoisotopic (exact) mass is 453 g/mol. The van der Waals surface area contributed by atoms with Gasteiger partial charge in [-0.2, -0.15) is 5.10 Å². The van der Waals surface area contributed by atoms with E-state index in [9.17, 15) is 9.18 Å². The molecule has 0 saturated carbocycles. The van der Waals surface area contributed by atoms with E-state index in [1.807, 2.05) is 18.5 Å². The van der Waals surface area contributed by atoms with Crippen LogP contribution in [0.3, 0.4) is 0 Å². The van der Waals surface area contributed by atoms with E-state index < -0.39 is 0 Å². The Balaban J connectivity index is 1.38. The van der Waals surface area contributed by atoms with Crippen molar-refractivity contribution in [3.8, 4) is 22.6 Å². The zero-order chi connectivity index (χ0) is 23.1. The molecule has 0 atom stereocenters. The number of hydrogen-bond donors (Lipinski definition) is 1. The molecule has 34 heavy (non-hydrogen) atoms. The van der Waals surface area contributed by atoms with Crippen molar-refractivity contribution in [2.24, 2.45) is 0 Å². The Hall–Kier alpha value is -4.24. The van der Waals surface area contributed by atoms with Gasteiger partial charge in [-0.1, -0.05) is 0 Å². The molecule has 6 rings (SSSR count). The lowest BCUT2D eigenvalue weighted by Gasteiger charge is -2.29. The number of fused-ring (bicyclic) bond motifs is 1. The van der Waals surface area contributed by atoms with Gasteiger partial charge in [-0.15, -0.1) is 0 Å². The number of hydrogen-bond acceptors (Lipinski definition) is 6. The van der Waals surface area contributed by atoms with E-state index in [1.165, 1.54) is 12.1 Å². The van der Waals surface area contributed by atoms with Crippen LogP contribution in [0, 0.1) is 5.82 Å². The van der Waals surface area contributed by atoms with E-state index in [0.717, 1.165) is 35.7 Å². The summed E-state index contributed by atoms with van der Waals surface area (Å²) in [5.41, 5.74) is 5.04. The first-order chi connectivity index (χ1) is 16.7. The molecule has 0 unspecified atom stereocenters. The first-order valence-corrected chi connectivity index (χ1v) is 11.0. The second-order valence-corrected chi connectivity index (χ2v) is 8.26. The molecule has 1 fully saturated rings. The van der Waals surface area contributed by atoms with Crippen LogP contribution in [-0.2, 0) is 6.42 Å². The molecular formula is C25H20FN7O. The summed E-state index contributed by atoms with van der Waals surface area (Å²) < 4.78 is 17.3. The highest BCUT2D eigenvalue weighted by molar-refractivity contribution is 5.97. The second kappa shape index (κ2) is 8.27. The molecule has 0 amide bonds. The molecule has 5 aromatic rings. The maximum atomic E-state index is 13.5. The van der Waals surface area contributed by atoms with E-state index in [0.29, 0.717) is 16.9 Å². The number of pyridine rings is 1. The molecule has 8 nitrogen and oxygen atoms in total. The van der Waals surface area contributed by atoms with Crippen molar-refractivity contribution in [1.29, 1.82) is 0 Å². The number of ketones is 1. The molecule has 1 aliphatic rings. The number of benzene rings is 1. The van der Waals surface area contributed by atoms with Crippen molar-refractivity contribution in [3.05, 3.63) is 90.5 Å². The van der Waals surface area contributed by atoms with Crippen molar-refractivity contribution < 1.29 is 9.18 Å². The summed E-state index contributed by atoms with van der Waals surface area (Å²) in [6.45, 7) is 1.70. The van der Waals surface area contributed by atoms with Crippen LogP contribution in [0.2, 0.25) is 0 Å². The average molecular weight is 453 g/mol. The lowest BCUT2D eigenvalue weighted by molar-refractivity contribution is 0.0992. The fourth-order valence-corrected chi connectivity index (χ4v) is 4.13. The fourth-order valence-electron chi connectivity index (χ4n) is 4.13. The predicted octanol–water partition coefficient (Wildman–Crippen LogP) is 3.36. The molecule has 1 saturated heterocycles. The molecule has 1 N–H and O–H groups in total. The number of imidazole rings is 2. The van der Waals surface area contributed by atoms with Crippen LogP contribution in [0.5, 0.6) is 0 Å². The summed E-state index contributed by atoms with van der Waals surface area (Å²) in [4.78, 5) is 25.8. The molecule has 0 radical (unpaired) electrons. The molecule has 0 spiro atoms. The van der Waals surface area contributed by atoms with E-state index in [4.69, 9.17) is 5.10 Å². The maximum absolute atomic E-state index is 13.5. The second-order valence-electron chi connectivity index (χ2n) is 8.26. The Morgan fingerprint density at radius 1 is 1.06 bits per heavy atom. The Morgan fingerprint density at radius 2 is 1.85 bits per heavy atom. The third-order valence-corrected chi connectivity index (χ3v) is 6.02. The third-order valence-electron chi connectivity index (χ3n) is 6.02. The number of carbonyl (C=O) groups is 1. The zero-order valence-corrected chi connectivity index (χ0v) is 18.1. The molecule has 0 aliphatic carbocycles. The van der Waals surface area contributed by atoms with Crippen molar-refractivity contribution in [2.75, 3.05) is 13.1 Å². The fraction of sp³-hybridized carbons (Fsp3) is 0.160. The number of Topliss-reactive ketones (excluding diaryl/α,β-unsaturated/α-hetero) is 1. The minimum absolute atomic E-state index is 0.0276. The quantitative estimate of drug-likeness (QED) is 0.397. The molecule has 1 aromatic carbocycles. The minimum Gasteiger partial charge on any atom is -0.323 e. The predicted molar refractivity (Wildman–Crippen MR) is 124 cm³/mol. The van der Waals surface area contributed by atoms with Gasteiger partial charge in [-0.25, -0.2) is 18.9 Å². The first-order valence-electron chi connectivity index (χ1n) is 11.0. The number of carbonyl (C=O) groups excluding carboxylic acids is 1. The van der Waals surface area contributed by atoms with Gasteiger partial charge in [0.2, 0.25) is 0 Å². The number of aromatic nitrogens is 6. The van der Waals surface area contributed by atoms with Crippen LogP contribution in [0.4, 0.5) is 4.39 Å². The van der Waals surface area contributed by atoms with Crippen LogP contribution in [0.1, 0.15) is 22.1 Å². The molecule has 1 aliphatic heterocycles. The van der Waals surface area contributed by atoms with Gasteiger partial charge in [0, 0.05) is 36.6 Å². The van der Waals surface area contributed by atoms with Crippen LogP contribution < -0.4 is 5.32 Å². The molecule has 168 valence electrons. The maximum Gasteiger partial charge on any atom is 0.168 e. The average Bonchev–Trinajstić information content (AvgIpc) is 3.42. The smallest absolute Gasteiger partial charge is 0.168 e. The highest BCUT2D eigenvalue weighted by atomic mass is 19.1. The van der Waals surface area contributed by atoms with E-state index in [-0.39, 0.29) is 24.1 Å². The first kappa shape index (κ1) is 20.4. The largest absolute Gasteiger partial charge is 0.323 e. The van der Waals surface area contributed by atoms with Crippen molar-refractivity contribution in [2.45, 2.75) is 12.5 Å². The van der Waals surface area contributed by atoms with Crippen molar-refractivity contribution in [1.82, 2.24) is 34.4 Å². The Kier molecular flexibility index (Phi) is 4.96. The van der Waals surface area contributed by atoms with E-state index in [1.54, 1.807) is 47.4 Å². The molecule has 0 bridgehead atoms. The van der Waals surface area contributed by atoms with E-state index >= 15 is 0 Å². The van der Waals surface area contributed by atoms with Gasteiger partial charge < -0.3 is 9.88 Å². The van der Waals surface area contributed by atoms with E-state index in [2.05, 4.69) is 24.8 Å². The van der Waals surface area contributed by atoms with Gasteiger partial charge in [-0.05, 0) is 48.5 Å². The van der Waals surface area contributed by atoms with Crippen LogP contribution in [0.25, 0.3) is 28.3 Å². The lowest BCUT2D eigenvalue weighted by atomic mass is 10.1. The Bertz CT molecular complexity index is 1490. The SMILES string of the molecule is O=C(Cc1cn2nc(-c3c(-c4ccc(F)cc4)ncn3C3CNC3)ccc2n1)c1ccncc1. The standard InChI is InChI=1S/C25H20FN7O/c26-18-3-1-17(2-4-18)24-25(32(15-29-24)20-12-28-13-20)21-5-6-23-30-19(14-33(23)31-21)11-22(34)16-7-9-27-10-8-16/h1-10,14-15,20,28H,11-13H2. The van der Waals surface area contributed by atoms with Gasteiger partial charge >= 0.3 is 0 Å². The Morgan fingerprint density at radius 3 is 2.59 bits per heavy atom. The van der Waals surface area contributed by atoms with Crippen molar-refractivity contribution in [3.63, 3.8) is 0 Å². The number of nitrogens with one attached hydrogen (secondary N) is 1. The van der Waals surface area contributed by atoms with Gasteiger partial charge in [0.25, 0.3) is 0 Å². The summed E-state index contributed by atoms with van der Waals surface area (Å²) in [6, 6.07) is 13.8. The highest BCUT2D eigenvalue weighted by Crippen LogP contribution is 2.33. The molecule has 5 heterocycles.